The van der Waals surface area contributed by atoms with Crippen LogP contribution >= 0.6 is 0 Å². The lowest BCUT2D eigenvalue weighted by Gasteiger charge is -2.21. The lowest BCUT2D eigenvalue weighted by molar-refractivity contribution is -0.216. The van der Waals surface area contributed by atoms with Gasteiger partial charge < -0.3 is 9.84 Å². The Bertz CT molecular complexity index is 415. The maximum absolute atomic E-state index is 12.8. The van der Waals surface area contributed by atoms with Gasteiger partial charge in [-0.05, 0) is 29.5 Å². The number of alkyl halides is 3. The highest BCUT2D eigenvalue weighted by molar-refractivity contribution is 5.41. The topological polar surface area (TPSA) is 29.5 Å². The molecule has 0 saturated carbocycles. The number of aliphatic hydroxyl groups excluding tert-OH is 1. The molecule has 0 aromatic heterocycles. The Morgan fingerprint density at radius 2 is 2.12 bits per heavy atom. The van der Waals surface area contributed by atoms with E-state index in [1.807, 2.05) is 0 Å². The molecule has 0 unspecified atom stereocenters. The molecule has 0 radical (unpaired) electrons. The van der Waals surface area contributed by atoms with Gasteiger partial charge in [-0.15, -0.1) is 0 Å². The Labute approximate surface area is 97.0 Å². The smallest absolute Gasteiger partial charge is 0.388 e. The van der Waals surface area contributed by atoms with Gasteiger partial charge in [0.2, 0.25) is 0 Å². The van der Waals surface area contributed by atoms with Gasteiger partial charge in [-0.3, -0.25) is 0 Å². The van der Waals surface area contributed by atoms with E-state index in [9.17, 15) is 18.3 Å². The Hall–Kier alpha value is -1.07. The third-order valence-electron chi connectivity index (χ3n) is 3.09. The van der Waals surface area contributed by atoms with Crippen LogP contribution in [0.3, 0.4) is 0 Å². The minimum Gasteiger partial charge on any atom is -0.388 e. The van der Waals surface area contributed by atoms with E-state index in [0.29, 0.717) is 24.0 Å². The average Bonchev–Trinajstić information content (AvgIpc) is 2.61. The fraction of sp³-hybridized carbons (Fsp3) is 0.500. The van der Waals surface area contributed by atoms with Crippen LogP contribution in [0.1, 0.15) is 35.3 Å². The van der Waals surface area contributed by atoms with Gasteiger partial charge in [-0.25, -0.2) is 0 Å². The van der Waals surface area contributed by atoms with E-state index in [1.54, 1.807) is 6.07 Å². The molecule has 5 heteroatoms. The van der Waals surface area contributed by atoms with Crippen molar-refractivity contribution in [3.8, 4) is 0 Å². The first kappa shape index (κ1) is 12.4. The summed E-state index contributed by atoms with van der Waals surface area (Å²) in [5.74, 6) is 0. The first-order valence-electron chi connectivity index (χ1n) is 5.34. The Morgan fingerprint density at radius 3 is 2.71 bits per heavy atom. The minimum atomic E-state index is -4.43. The summed E-state index contributed by atoms with van der Waals surface area (Å²) in [6.07, 6.45) is -6.07. The van der Waals surface area contributed by atoms with Gasteiger partial charge in [0.05, 0.1) is 6.10 Å². The molecule has 1 aromatic carbocycles. The predicted octanol–water partition coefficient (Wildman–Crippen LogP) is 2.92. The summed E-state index contributed by atoms with van der Waals surface area (Å²) < 4.78 is 42.9. The molecule has 0 spiro atoms. The number of halogens is 3. The van der Waals surface area contributed by atoms with Crippen LogP contribution in [0.5, 0.6) is 0 Å². The third-order valence-corrected chi connectivity index (χ3v) is 3.09. The highest BCUT2D eigenvalue weighted by Gasteiger charge is 2.43. The second-order valence-electron chi connectivity index (χ2n) is 4.13. The van der Waals surface area contributed by atoms with E-state index in [0.717, 1.165) is 7.11 Å². The zero-order valence-electron chi connectivity index (χ0n) is 9.29. The van der Waals surface area contributed by atoms with Crippen molar-refractivity contribution in [2.24, 2.45) is 0 Å². The van der Waals surface area contributed by atoms with Crippen molar-refractivity contribution in [2.45, 2.75) is 31.2 Å². The second-order valence-corrected chi connectivity index (χ2v) is 4.13. The van der Waals surface area contributed by atoms with Crippen LogP contribution in [-0.4, -0.2) is 18.4 Å². The zero-order valence-corrected chi connectivity index (χ0v) is 9.29. The molecule has 2 atom stereocenters. The first-order chi connectivity index (χ1) is 7.95. The van der Waals surface area contributed by atoms with Crippen LogP contribution in [-0.2, 0) is 11.2 Å². The van der Waals surface area contributed by atoms with Crippen LogP contribution in [0, 0.1) is 0 Å². The highest BCUT2D eigenvalue weighted by Crippen LogP contribution is 2.41. The molecule has 2 rings (SSSR count). The summed E-state index contributed by atoms with van der Waals surface area (Å²) in [4.78, 5) is 0. The normalized spacial score (nSPS) is 21.4. The van der Waals surface area contributed by atoms with Gasteiger partial charge in [0.15, 0.2) is 6.10 Å². The van der Waals surface area contributed by atoms with Gasteiger partial charge in [0.1, 0.15) is 0 Å². The predicted molar refractivity (Wildman–Crippen MR) is 55.5 cm³/mol. The Kier molecular flexibility index (Phi) is 3.14. The fourth-order valence-electron chi connectivity index (χ4n) is 2.34. The number of rotatable bonds is 2. The molecule has 0 amide bonds. The third kappa shape index (κ3) is 2.17. The zero-order chi connectivity index (χ0) is 12.6. The van der Waals surface area contributed by atoms with Gasteiger partial charge in [0.25, 0.3) is 0 Å². The SMILES string of the molecule is CO[C@H](c1cccc2c1CC[C@@H]2O)C(F)(F)F. The molecule has 0 saturated heterocycles. The van der Waals surface area contributed by atoms with E-state index in [-0.39, 0.29) is 5.56 Å². The summed E-state index contributed by atoms with van der Waals surface area (Å²) in [6.45, 7) is 0. The summed E-state index contributed by atoms with van der Waals surface area (Å²) in [5.41, 5.74) is 1.28. The van der Waals surface area contributed by atoms with Crippen molar-refractivity contribution in [1.82, 2.24) is 0 Å². The largest absolute Gasteiger partial charge is 0.418 e. The summed E-state index contributed by atoms with van der Waals surface area (Å²) in [5, 5.41) is 9.64. The quantitative estimate of drug-likeness (QED) is 0.869. The highest BCUT2D eigenvalue weighted by atomic mass is 19.4. The van der Waals surface area contributed by atoms with E-state index < -0.39 is 18.4 Å². The number of fused-ring (bicyclic) bond motifs is 1. The van der Waals surface area contributed by atoms with Crippen LogP contribution in [0.25, 0.3) is 0 Å². The molecule has 0 aliphatic heterocycles. The number of hydrogen-bond donors (Lipinski definition) is 1. The van der Waals surface area contributed by atoms with Gasteiger partial charge in [-0.1, -0.05) is 18.2 Å². The molecular weight excluding hydrogens is 233 g/mol. The fourth-order valence-corrected chi connectivity index (χ4v) is 2.34. The Morgan fingerprint density at radius 1 is 1.41 bits per heavy atom. The van der Waals surface area contributed by atoms with Crippen molar-refractivity contribution in [3.05, 3.63) is 34.9 Å². The van der Waals surface area contributed by atoms with Crippen molar-refractivity contribution in [1.29, 1.82) is 0 Å². The number of hydrogen-bond acceptors (Lipinski definition) is 2. The van der Waals surface area contributed by atoms with Crippen molar-refractivity contribution >= 4 is 0 Å². The van der Waals surface area contributed by atoms with Crippen molar-refractivity contribution in [3.63, 3.8) is 0 Å². The number of methoxy groups -OCH3 is 1. The van der Waals surface area contributed by atoms with E-state index >= 15 is 0 Å². The van der Waals surface area contributed by atoms with Gasteiger partial charge >= 0.3 is 6.18 Å². The van der Waals surface area contributed by atoms with E-state index in [1.165, 1.54) is 12.1 Å². The molecule has 0 fully saturated rings. The van der Waals surface area contributed by atoms with Crippen LogP contribution < -0.4 is 0 Å². The van der Waals surface area contributed by atoms with Crippen LogP contribution in [0.4, 0.5) is 13.2 Å². The summed E-state index contributed by atoms with van der Waals surface area (Å²) in [7, 11) is 1.04. The maximum Gasteiger partial charge on any atom is 0.418 e. The first-order valence-corrected chi connectivity index (χ1v) is 5.34. The lowest BCUT2D eigenvalue weighted by atomic mass is 9.98. The molecule has 0 heterocycles. The van der Waals surface area contributed by atoms with Crippen molar-refractivity contribution in [2.75, 3.05) is 7.11 Å². The molecule has 1 aliphatic carbocycles. The summed E-state index contributed by atoms with van der Waals surface area (Å²) >= 11 is 0. The monoisotopic (exact) mass is 246 g/mol. The molecule has 2 nitrogen and oxygen atoms in total. The minimum absolute atomic E-state index is 0.119. The lowest BCUT2D eigenvalue weighted by Crippen LogP contribution is -2.23. The molecule has 17 heavy (non-hydrogen) atoms. The number of ether oxygens (including phenoxy) is 1. The molecule has 0 bridgehead atoms. The standard InChI is InChI=1S/C12H13F3O2/c1-17-11(12(13,14)15)9-4-2-3-8-7(9)5-6-10(8)16/h2-4,10-11,16H,5-6H2,1H3/t10-,11+/m0/s1. The average molecular weight is 246 g/mol. The summed E-state index contributed by atoms with van der Waals surface area (Å²) in [6, 6.07) is 4.61. The number of benzene rings is 1. The van der Waals surface area contributed by atoms with Crippen LogP contribution in [0.15, 0.2) is 18.2 Å². The van der Waals surface area contributed by atoms with Crippen LogP contribution in [0.2, 0.25) is 0 Å². The van der Waals surface area contributed by atoms with Gasteiger partial charge in [-0.2, -0.15) is 13.2 Å². The van der Waals surface area contributed by atoms with Gasteiger partial charge in [0, 0.05) is 7.11 Å². The molecule has 1 aromatic rings. The second kappa shape index (κ2) is 4.31. The molecule has 94 valence electrons. The maximum atomic E-state index is 12.8. The van der Waals surface area contributed by atoms with Crippen molar-refractivity contribution < 1.29 is 23.0 Å². The molecule has 1 N–H and O–H groups in total. The van der Waals surface area contributed by atoms with E-state index in [2.05, 4.69) is 4.74 Å². The number of aliphatic hydroxyl groups is 1. The Balaban J connectivity index is 2.46. The van der Waals surface area contributed by atoms with E-state index in [4.69, 9.17) is 0 Å². The molecular formula is C12H13F3O2. The molecule has 1 aliphatic rings.